The molecular formula is C23H48N3O4PS. The van der Waals surface area contributed by atoms with Gasteiger partial charge in [0.2, 0.25) is 5.12 Å². The molecule has 0 spiro atoms. The summed E-state index contributed by atoms with van der Waals surface area (Å²) in [5.74, 6) is 0.538. The van der Waals surface area contributed by atoms with Gasteiger partial charge in [0.15, 0.2) is 14.7 Å². The monoisotopic (exact) mass is 493 g/mol. The van der Waals surface area contributed by atoms with E-state index >= 15 is 0 Å². The van der Waals surface area contributed by atoms with E-state index in [1.165, 1.54) is 11.8 Å². The maximum absolute atomic E-state index is 12.1. The maximum Gasteiger partial charge on any atom is 0.216 e. The molecule has 32 heavy (non-hydrogen) atoms. The molecule has 0 aliphatic carbocycles. The molecule has 0 aromatic rings. The highest BCUT2D eigenvalue weighted by molar-refractivity contribution is 8.14. The first-order chi connectivity index (χ1) is 14.8. The summed E-state index contributed by atoms with van der Waals surface area (Å²) >= 11 is 1.21. The van der Waals surface area contributed by atoms with E-state index in [0.717, 1.165) is 0 Å². The van der Waals surface area contributed by atoms with E-state index in [1.54, 1.807) is 13.8 Å². The molecule has 0 saturated carbocycles. The molecule has 0 saturated heterocycles. The van der Waals surface area contributed by atoms with Gasteiger partial charge in [-0.15, -0.1) is 0 Å². The van der Waals surface area contributed by atoms with E-state index in [1.807, 2.05) is 6.92 Å². The van der Waals surface area contributed by atoms with E-state index in [9.17, 15) is 4.79 Å². The van der Waals surface area contributed by atoms with E-state index in [4.69, 9.17) is 19.7 Å². The fourth-order valence-corrected chi connectivity index (χ4v) is 6.36. The van der Waals surface area contributed by atoms with Crippen molar-refractivity contribution in [3.63, 3.8) is 0 Å². The van der Waals surface area contributed by atoms with Crippen LogP contribution in [0.1, 0.15) is 76.2 Å². The normalized spacial score (nSPS) is 14.6. The van der Waals surface area contributed by atoms with Crippen molar-refractivity contribution in [3.8, 4) is 0 Å². The minimum absolute atomic E-state index is 0.0182. The topological polar surface area (TPSA) is 77.3 Å². The van der Waals surface area contributed by atoms with Gasteiger partial charge in [0.25, 0.3) is 0 Å². The van der Waals surface area contributed by atoms with Crippen LogP contribution in [0.15, 0.2) is 11.3 Å². The van der Waals surface area contributed by atoms with Gasteiger partial charge in [-0.2, -0.15) is 0 Å². The molecule has 0 rings (SSSR count). The number of hydrogen-bond acceptors (Lipinski definition) is 8. The van der Waals surface area contributed by atoms with Gasteiger partial charge in [0.05, 0.1) is 6.61 Å². The summed E-state index contributed by atoms with van der Waals surface area (Å²) in [5, 5.41) is -0.0182. The minimum atomic E-state index is -1.01. The fourth-order valence-electron chi connectivity index (χ4n) is 3.28. The zero-order chi connectivity index (χ0) is 25.0. The second-order valence-electron chi connectivity index (χ2n) is 8.88. The molecule has 0 bridgehead atoms. The van der Waals surface area contributed by atoms with Crippen LogP contribution in [0, 0.1) is 0 Å². The Hall–Kier alpha value is -0.210. The molecule has 0 aromatic heterocycles. The average molecular weight is 494 g/mol. The van der Waals surface area contributed by atoms with Crippen molar-refractivity contribution in [2.75, 3.05) is 25.6 Å². The molecule has 1 unspecified atom stereocenters. The van der Waals surface area contributed by atoms with Crippen LogP contribution in [-0.4, -0.2) is 70.5 Å². The van der Waals surface area contributed by atoms with Crippen molar-refractivity contribution in [3.05, 3.63) is 11.3 Å². The van der Waals surface area contributed by atoms with E-state index in [0.29, 0.717) is 61.0 Å². The lowest BCUT2D eigenvalue weighted by Gasteiger charge is -2.45. The number of hydrogen-bond donors (Lipinski definition) is 1. The van der Waals surface area contributed by atoms with E-state index in [2.05, 4.69) is 64.7 Å². The quantitative estimate of drug-likeness (QED) is 0.133. The number of allylic oxidation sites excluding steroid dienone is 1. The first-order valence-corrected chi connectivity index (χ1v) is 13.8. The molecule has 1 atom stereocenters. The van der Waals surface area contributed by atoms with Crippen molar-refractivity contribution in [1.29, 1.82) is 0 Å². The summed E-state index contributed by atoms with van der Waals surface area (Å²) in [7, 11) is -1.01. The van der Waals surface area contributed by atoms with Crippen molar-refractivity contribution in [1.82, 2.24) is 9.34 Å². The number of thioether (sulfide) groups is 1. The summed E-state index contributed by atoms with van der Waals surface area (Å²) in [5.41, 5.74) is 6.85. The molecule has 7 nitrogen and oxygen atoms in total. The Bertz CT molecular complexity index is 533. The molecule has 0 heterocycles. The zero-order valence-corrected chi connectivity index (χ0v) is 23.9. The van der Waals surface area contributed by atoms with Crippen LogP contribution >= 0.6 is 20.2 Å². The molecule has 2 N–H and O–H groups in total. The third kappa shape index (κ3) is 11.3. The molecule has 0 aliphatic rings. The van der Waals surface area contributed by atoms with Crippen LogP contribution in [-0.2, 0) is 18.8 Å². The number of nitrogens with two attached hydrogens (primary N) is 1. The third-order valence-corrected chi connectivity index (χ3v) is 8.66. The third-order valence-electron chi connectivity index (χ3n) is 4.71. The Labute approximate surface area is 202 Å². The second-order valence-corrected chi connectivity index (χ2v) is 11.6. The van der Waals surface area contributed by atoms with Crippen LogP contribution in [0.5, 0.6) is 0 Å². The summed E-state index contributed by atoms with van der Waals surface area (Å²) in [4.78, 5) is 12.1. The lowest BCUT2D eigenvalue weighted by Crippen LogP contribution is -2.44. The predicted molar refractivity (Wildman–Crippen MR) is 138 cm³/mol. The standard InChI is InChI=1S/C23H48N3O4PS/c1-12-28-22(29-13-14-32-23(27)20(10)21(11)24)15-30-31(25(16(2)3)17(4)5)26(18(6)7)19(8)9/h16-19,22H,12-15,24H2,1-11H3/b21-20+. The molecular weight excluding hydrogens is 445 g/mol. The van der Waals surface area contributed by atoms with Gasteiger partial charge in [-0.25, -0.2) is 9.34 Å². The molecule has 9 heteroatoms. The lowest BCUT2D eigenvalue weighted by molar-refractivity contribution is -0.152. The number of carbonyl (C=O) groups is 1. The van der Waals surface area contributed by atoms with Crippen molar-refractivity contribution >= 4 is 25.3 Å². The van der Waals surface area contributed by atoms with Gasteiger partial charge in [0.1, 0.15) is 6.61 Å². The van der Waals surface area contributed by atoms with Gasteiger partial charge >= 0.3 is 0 Å². The molecule has 0 aromatic carbocycles. The largest absolute Gasteiger partial charge is 0.402 e. The number of carbonyl (C=O) groups excluding carboxylic acids is 1. The van der Waals surface area contributed by atoms with Crippen LogP contribution < -0.4 is 5.73 Å². The first-order valence-electron chi connectivity index (χ1n) is 11.7. The predicted octanol–water partition coefficient (Wildman–Crippen LogP) is 5.36. The van der Waals surface area contributed by atoms with Gasteiger partial charge in [-0.05, 0) is 76.2 Å². The molecule has 0 aliphatic heterocycles. The highest BCUT2D eigenvalue weighted by Gasteiger charge is 2.35. The van der Waals surface area contributed by atoms with E-state index < -0.39 is 14.7 Å². The van der Waals surface area contributed by atoms with Crippen LogP contribution in [0.4, 0.5) is 0 Å². The molecule has 0 radical (unpaired) electrons. The van der Waals surface area contributed by atoms with Crippen LogP contribution in [0.3, 0.4) is 0 Å². The van der Waals surface area contributed by atoms with Crippen LogP contribution in [0.25, 0.3) is 0 Å². The van der Waals surface area contributed by atoms with Crippen molar-refractivity contribution in [2.45, 2.75) is 107 Å². The van der Waals surface area contributed by atoms with E-state index in [-0.39, 0.29) is 5.12 Å². The highest BCUT2D eigenvalue weighted by atomic mass is 32.2. The molecule has 0 amide bonds. The maximum atomic E-state index is 12.1. The SMILES string of the molecule is CCOC(COP(N(C(C)C)C(C)C)N(C(C)C)C(C)C)OCCSC(=O)/C(C)=C(\C)N. The fraction of sp³-hybridized carbons (Fsp3) is 0.870. The van der Waals surface area contributed by atoms with Crippen LogP contribution in [0.2, 0.25) is 0 Å². The molecule has 0 fully saturated rings. The van der Waals surface area contributed by atoms with Gasteiger partial charge in [-0.1, -0.05) is 11.8 Å². The summed E-state index contributed by atoms with van der Waals surface area (Å²) in [6, 6.07) is 1.38. The summed E-state index contributed by atoms with van der Waals surface area (Å²) in [6.07, 6.45) is -0.476. The molecule has 190 valence electrons. The van der Waals surface area contributed by atoms with Crippen molar-refractivity contribution in [2.24, 2.45) is 5.73 Å². The average Bonchev–Trinajstić information content (AvgIpc) is 2.66. The van der Waals surface area contributed by atoms with Gasteiger partial charge in [-0.3, -0.25) is 4.79 Å². The number of nitrogens with zero attached hydrogens (tertiary/aromatic N) is 2. The Balaban J connectivity index is 5.20. The Morgan fingerprint density at radius 2 is 1.38 bits per heavy atom. The summed E-state index contributed by atoms with van der Waals surface area (Å²) in [6.45, 7) is 24.4. The number of ether oxygens (including phenoxy) is 2. The lowest BCUT2D eigenvalue weighted by atomic mass is 10.3. The Kier molecular flexibility index (Phi) is 16.3. The van der Waals surface area contributed by atoms with Crippen molar-refractivity contribution < 1.29 is 18.8 Å². The summed E-state index contributed by atoms with van der Waals surface area (Å²) < 4.78 is 23.1. The minimum Gasteiger partial charge on any atom is -0.402 e. The second kappa shape index (κ2) is 16.4. The van der Waals surface area contributed by atoms with Gasteiger partial charge in [0, 0.05) is 47.8 Å². The Morgan fingerprint density at radius 1 is 0.906 bits per heavy atom. The van der Waals surface area contributed by atoms with Gasteiger partial charge < -0.3 is 19.7 Å². The Morgan fingerprint density at radius 3 is 1.75 bits per heavy atom. The zero-order valence-electron chi connectivity index (χ0n) is 22.2. The highest BCUT2D eigenvalue weighted by Crippen LogP contribution is 2.50. The number of rotatable bonds is 16. The smallest absolute Gasteiger partial charge is 0.216 e. The first kappa shape index (κ1) is 31.8.